The zero-order valence-electron chi connectivity index (χ0n) is 23.7. The van der Waals surface area contributed by atoms with E-state index in [1.54, 1.807) is 21.9 Å². The number of halogens is 3. The number of hydrogen-bond donors (Lipinski definition) is 1. The molecule has 1 aliphatic rings. The maximum absolute atomic E-state index is 13.6. The highest BCUT2D eigenvalue weighted by molar-refractivity contribution is 5.95. The summed E-state index contributed by atoms with van der Waals surface area (Å²) in [7, 11) is 3.26. The van der Waals surface area contributed by atoms with Gasteiger partial charge >= 0.3 is 6.18 Å². The van der Waals surface area contributed by atoms with Gasteiger partial charge in [0.1, 0.15) is 0 Å². The minimum Gasteiger partial charge on any atom is -0.493 e. The normalized spacial score (nSPS) is 17.1. The third-order valence-corrected chi connectivity index (χ3v) is 7.20. The smallest absolute Gasteiger partial charge is 0.389 e. The summed E-state index contributed by atoms with van der Waals surface area (Å²) in [6.45, 7) is 6.33. The molecule has 0 saturated carbocycles. The van der Waals surface area contributed by atoms with Crippen molar-refractivity contribution in [3.63, 3.8) is 0 Å². The number of hydrogen-bond acceptors (Lipinski definition) is 5. The van der Waals surface area contributed by atoms with E-state index in [0.717, 1.165) is 18.7 Å². The molecule has 2 aromatic rings. The van der Waals surface area contributed by atoms with Crippen LogP contribution in [0.3, 0.4) is 0 Å². The number of alkyl halides is 3. The number of carbonyl (C=O) groups excluding carboxylic acids is 2. The van der Waals surface area contributed by atoms with Crippen LogP contribution in [0.1, 0.15) is 42.6 Å². The maximum Gasteiger partial charge on any atom is 0.389 e. The Morgan fingerprint density at radius 1 is 1.02 bits per heavy atom. The molecule has 2 atom stereocenters. The molecule has 2 aromatic carbocycles. The average Bonchev–Trinajstić information content (AvgIpc) is 3.35. The van der Waals surface area contributed by atoms with Gasteiger partial charge in [0.2, 0.25) is 5.91 Å². The van der Waals surface area contributed by atoms with Gasteiger partial charge in [-0.1, -0.05) is 30.3 Å². The van der Waals surface area contributed by atoms with Crippen LogP contribution in [0.25, 0.3) is 0 Å². The van der Waals surface area contributed by atoms with Gasteiger partial charge in [0.25, 0.3) is 5.91 Å². The minimum absolute atomic E-state index is 0.0506. The molecule has 0 spiro atoms. The number of methoxy groups -OCH3 is 1. The molecule has 0 bridgehead atoms. The first-order chi connectivity index (χ1) is 19.0. The quantitative estimate of drug-likeness (QED) is 0.355. The van der Waals surface area contributed by atoms with Crippen molar-refractivity contribution in [2.75, 3.05) is 46.9 Å². The Morgan fingerprint density at radius 2 is 1.70 bits per heavy atom. The fourth-order valence-corrected chi connectivity index (χ4v) is 4.90. The fraction of sp³-hybridized carbons (Fsp3) is 0.533. The number of nitrogens with one attached hydrogen (secondary N) is 1. The Hall–Kier alpha value is -3.27. The molecule has 0 aromatic heterocycles. The van der Waals surface area contributed by atoms with E-state index in [9.17, 15) is 22.8 Å². The number of rotatable bonds is 13. The second kappa shape index (κ2) is 14.4. The van der Waals surface area contributed by atoms with Gasteiger partial charge in [-0.15, -0.1) is 0 Å². The molecule has 10 heteroatoms. The average molecular weight is 564 g/mol. The van der Waals surface area contributed by atoms with E-state index >= 15 is 0 Å². The SMILES string of the molecule is COc1ccc(C(=O)N(C[C@@H]2CNC[C@H]2CN(C)C(=O)Cc2ccccc2)C(C)C)cc1OCCCC(F)(F)F. The highest BCUT2D eigenvalue weighted by Crippen LogP contribution is 2.30. The van der Waals surface area contributed by atoms with Crippen molar-refractivity contribution in [3.8, 4) is 11.5 Å². The largest absolute Gasteiger partial charge is 0.493 e. The Kier molecular flexibility index (Phi) is 11.2. The molecule has 1 N–H and O–H groups in total. The molecule has 0 unspecified atom stereocenters. The lowest BCUT2D eigenvalue weighted by Gasteiger charge is -2.33. The van der Waals surface area contributed by atoms with Crippen molar-refractivity contribution in [1.82, 2.24) is 15.1 Å². The van der Waals surface area contributed by atoms with Gasteiger partial charge < -0.3 is 24.6 Å². The van der Waals surface area contributed by atoms with Crippen LogP contribution in [0.4, 0.5) is 13.2 Å². The maximum atomic E-state index is 13.6. The van der Waals surface area contributed by atoms with Crippen LogP contribution >= 0.6 is 0 Å². The first kappa shape index (κ1) is 31.3. The number of likely N-dealkylation sites (N-methyl/N-ethyl adjacent to an activating group) is 1. The first-order valence-electron chi connectivity index (χ1n) is 13.7. The Balaban J connectivity index is 1.65. The van der Waals surface area contributed by atoms with Crippen LogP contribution in [0.15, 0.2) is 48.5 Å². The molecule has 0 radical (unpaired) electrons. The highest BCUT2D eigenvalue weighted by Gasteiger charge is 2.33. The van der Waals surface area contributed by atoms with Crippen molar-refractivity contribution < 1.29 is 32.2 Å². The molecule has 1 fully saturated rings. The van der Waals surface area contributed by atoms with Gasteiger partial charge in [-0.25, -0.2) is 0 Å². The van der Waals surface area contributed by atoms with E-state index in [0.29, 0.717) is 30.8 Å². The lowest BCUT2D eigenvalue weighted by molar-refractivity contribution is -0.136. The van der Waals surface area contributed by atoms with Gasteiger partial charge in [-0.3, -0.25) is 9.59 Å². The number of benzene rings is 2. The van der Waals surface area contributed by atoms with Crippen LogP contribution in [0, 0.1) is 11.8 Å². The molecule has 1 heterocycles. The summed E-state index contributed by atoms with van der Waals surface area (Å²) >= 11 is 0. The lowest BCUT2D eigenvalue weighted by Crippen LogP contribution is -2.44. The Labute approximate surface area is 234 Å². The summed E-state index contributed by atoms with van der Waals surface area (Å²) in [5.74, 6) is 0.768. The van der Waals surface area contributed by atoms with E-state index in [2.05, 4.69) is 5.32 Å². The third kappa shape index (κ3) is 9.15. The summed E-state index contributed by atoms with van der Waals surface area (Å²) in [6, 6.07) is 14.3. The number of amides is 2. The summed E-state index contributed by atoms with van der Waals surface area (Å²) in [4.78, 5) is 30.0. The van der Waals surface area contributed by atoms with Gasteiger partial charge in [-0.2, -0.15) is 13.2 Å². The molecule has 220 valence electrons. The van der Waals surface area contributed by atoms with Crippen LogP contribution in [0.2, 0.25) is 0 Å². The molecule has 7 nitrogen and oxygen atoms in total. The zero-order valence-corrected chi connectivity index (χ0v) is 23.7. The molecular formula is C30H40F3N3O4. The molecule has 3 rings (SSSR count). The van der Waals surface area contributed by atoms with E-state index in [-0.39, 0.29) is 48.5 Å². The minimum atomic E-state index is -4.25. The Bertz CT molecular complexity index is 1110. The van der Waals surface area contributed by atoms with Gasteiger partial charge in [-0.05, 0) is 55.9 Å². The van der Waals surface area contributed by atoms with Crippen molar-refractivity contribution in [2.45, 2.75) is 45.3 Å². The van der Waals surface area contributed by atoms with Gasteiger partial charge in [0.15, 0.2) is 11.5 Å². The van der Waals surface area contributed by atoms with E-state index in [1.807, 2.05) is 51.2 Å². The van der Waals surface area contributed by atoms with Gasteiger partial charge in [0.05, 0.1) is 20.1 Å². The Morgan fingerprint density at radius 3 is 2.33 bits per heavy atom. The van der Waals surface area contributed by atoms with Crippen molar-refractivity contribution in [2.24, 2.45) is 11.8 Å². The predicted octanol–water partition coefficient (Wildman–Crippen LogP) is 4.80. The van der Waals surface area contributed by atoms with E-state index < -0.39 is 12.6 Å². The van der Waals surface area contributed by atoms with Crippen LogP contribution in [0.5, 0.6) is 11.5 Å². The number of ether oxygens (including phenoxy) is 2. The standard InChI is InChI=1S/C30H40F3N3O4/c1-21(2)36(29(38)23-11-12-26(39-4)27(16-23)40-14-8-13-30(31,32)33)20-25-18-34-17-24(25)19-35(3)28(37)15-22-9-6-5-7-10-22/h5-7,9-12,16,21,24-25,34H,8,13-15,17-20H2,1-4H3/t24-,25-/m0/s1. The molecule has 1 aliphatic heterocycles. The third-order valence-electron chi connectivity index (χ3n) is 7.20. The monoisotopic (exact) mass is 563 g/mol. The highest BCUT2D eigenvalue weighted by atomic mass is 19.4. The molecule has 2 amide bonds. The molecule has 0 aliphatic carbocycles. The fourth-order valence-electron chi connectivity index (χ4n) is 4.90. The summed E-state index contributed by atoms with van der Waals surface area (Å²) in [5.41, 5.74) is 1.35. The molecule has 1 saturated heterocycles. The van der Waals surface area contributed by atoms with Crippen LogP contribution < -0.4 is 14.8 Å². The second-order valence-corrected chi connectivity index (χ2v) is 10.6. The first-order valence-corrected chi connectivity index (χ1v) is 13.7. The lowest BCUT2D eigenvalue weighted by atomic mass is 9.94. The second-order valence-electron chi connectivity index (χ2n) is 10.6. The topological polar surface area (TPSA) is 71.1 Å². The van der Waals surface area contributed by atoms with Gasteiger partial charge in [0, 0.05) is 51.3 Å². The molecule has 40 heavy (non-hydrogen) atoms. The van der Waals surface area contributed by atoms with E-state index in [4.69, 9.17) is 9.47 Å². The van der Waals surface area contributed by atoms with Crippen molar-refractivity contribution >= 4 is 11.8 Å². The van der Waals surface area contributed by atoms with Crippen molar-refractivity contribution in [1.29, 1.82) is 0 Å². The van der Waals surface area contributed by atoms with E-state index in [1.165, 1.54) is 13.2 Å². The summed E-state index contributed by atoms with van der Waals surface area (Å²) in [5, 5.41) is 3.41. The van der Waals surface area contributed by atoms with Crippen LogP contribution in [-0.2, 0) is 11.2 Å². The molecular weight excluding hydrogens is 523 g/mol. The summed E-state index contributed by atoms with van der Waals surface area (Å²) in [6.07, 6.45) is -5.04. The van der Waals surface area contributed by atoms with Crippen molar-refractivity contribution in [3.05, 3.63) is 59.7 Å². The zero-order chi connectivity index (χ0) is 29.3. The summed E-state index contributed by atoms with van der Waals surface area (Å²) < 4.78 is 48.4. The number of carbonyl (C=O) groups is 2. The predicted molar refractivity (Wildman–Crippen MR) is 148 cm³/mol. The number of nitrogens with zero attached hydrogens (tertiary/aromatic N) is 2. The van der Waals surface area contributed by atoms with Crippen LogP contribution in [-0.4, -0.2) is 80.8 Å².